The smallest absolute Gasteiger partial charge is 0.233 e. The maximum atomic E-state index is 6.99. The van der Waals surface area contributed by atoms with Crippen LogP contribution in [0.3, 0.4) is 0 Å². The van der Waals surface area contributed by atoms with E-state index in [9.17, 15) is 0 Å². The molecule has 1 saturated carbocycles. The lowest BCUT2D eigenvalue weighted by Gasteiger charge is -2.18. The molecule has 0 spiro atoms. The van der Waals surface area contributed by atoms with Crippen LogP contribution in [0.25, 0.3) is 4.85 Å². The van der Waals surface area contributed by atoms with Crippen LogP contribution in [0.4, 0.5) is 5.82 Å². The van der Waals surface area contributed by atoms with Gasteiger partial charge in [0.15, 0.2) is 0 Å². The van der Waals surface area contributed by atoms with Crippen molar-refractivity contribution >= 4 is 17.4 Å². The Balaban J connectivity index is 1.75. The molecule has 1 aromatic rings. The molecule has 1 aliphatic carbocycles. The lowest BCUT2D eigenvalue weighted by molar-refractivity contribution is 0.781. The molecule has 4 heteroatoms. The lowest BCUT2D eigenvalue weighted by atomic mass is 10.3. The number of hydrogen-bond donors (Lipinski definition) is 0. The van der Waals surface area contributed by atoms with E-state index in [1.807, 2.05) is 6.07 Å². The Bertz CT molecular complexity index is 428. The van der Waals surface area contributed by atoms with Gasteiger partial charge >= 0.3 is 0 Å². The van der Waals surface area contributed by atoms with Gasteiger partial charge in [-0.2, -0.15) is 0 Å². The van der Waals surface area contributed by atoms with E-state index >= 15 is 0 Å². The number of anilines is 1. The summed E-state index contributed by atoms with van der Waals surface area (Å²) < 4.78 is 0. The molecule has 0 N–H and O–H groups in total. The molecular formula is C11H10ClN3. The Morgan fingerprint density at radius 2 is 2.20 bits per heavy atom. The summed E-state index contributed by atoms with van der Waals surface area (Å²) in [4.78, 5) is 10.1. The van der Waals surface area contributed by atoms with Gasteiger partial charge in [0.05, 0.1) is 11.8 Å². The van der Waals surface area contributed by atoms with Crippen molar-refractivity contribution in [3.05, 3.63) is 34.8 Å². The number of piperidine rings is 1. The third-order valence-electron chi connectivity index (χ3n) is 3.33. The molecule has 3 rings (SSSR count). The van der Waals surface area contributed by atoms with E-state index in [0.29, 0.717) is 11.8 Å². The third-order valence-corrected chi connectivity index (χ3v) is 3.56. The van der Waals surface area contributed by atoms with E-state index in [-0.39, 0.29) is 6.04 Å². The monoisotopic (exact) mass is 219 g/mol. The van der Waals surface area contributed by atoms with Crippen molar-refractivity contribution in [2.75, 3.05) is 18.0 Å². The molecule has 1 aromatic heterocycles. The summed E-state index contributed by atoms with van der Waals surface area (Å²) >= 11 is 5.91. The van der Waals surface area contributed by atoms with E-state index in [1.165, 1.54) is 0 Å². The van der Waals surface area contributed by atoms with Crippen molar-refractivity contribution in [2.45, 2.75) is 6.04 Å². The molecule has 15 heavy (non-hydrogen) atoms. The number of aromatic nitrogens is 1. The van der Waals surface area contributed by atoms with Gasteiger partial charge in [0.25, 0.3) is 0 Å². The summed E-state index contributed by atoms with van der Waals surface area (Å²) in [6.07, 6.45) is 1.73. The minimum Gasteiger partial charge on any atom is -0.355 e. The standard InChI is InChI=1S/C11H10ClN3/c1-13-11-8-5-15(6-9(8)11)10-4-7(12)2-3-14-10/h2-4,8-9,11H,5-6H2/t8-,9+,11?. The van der Waals surface area contributed by atoms with E-state index in [1.54, 1.807) is 12.3 Å². The van der Waals surface area contributed by atoms with Crippen LogP contribution in [0.1, 0.15) is 0 Å². The largest absolute Gasteiger partial charge is 0.355 e. The first kappa shape index (κ1) is 8.99. The van der Waals surface area contributed by atoms with Crippen molar-refractivity contribution in [3.63, 3.8) is 0 Å². The highest BCUT2D eigenvalue weighted by molar-refractivity contribution is 6.30. The highest BCUT2D eigenvalue weighted by atomic mass is 35.5. The van der Waals surface area contributed by atoms with Gasteiger partial charge in [-0.25, -0.2) is 11.6 Å². The normalized spacial score (nSPS) is 32.3. The number of fused-ring (bicyclic) bond motifs is 1. The van der Waals surface area contributed by atoms with Gasteiger partial charge in [0.2, 0.25) is 6.04 Å². The average Bonchev–Trinajstić information content (AvgIpc) is 2.70. The fourth-order valence-electron chi connectivity index (χ4n) is 2.44. The van der Waals surface area contributed by atoms with Gasteiger partial charge in [0.1, 0.15) is 5.82 Å². The fourth-order valence-corrected chi connectivity index (χ4v) is 2.59. The second-order valence-electron chi connectivity index (χ2n) is 4.18. The predicted molar refractivity (Wildman–Crippen MR) is 58.8 cm³/mol. The van der Waals surface area contributed by atoms with Crippen LogP contribution >= 0.6 is 11.6 Å². The number of pyridine rings is 1. The molecule has 0 amide bonds. The van der Waals surface area contributed by atoms with Crippen LogP contribution in [0.5, 0.6) is 0 Å². The first-order chi connectivity index (χ1) is 7.29. The molecule has 0 aromatic carbocycles. The Morgan fingerprint density at radius 1 is 1.47 bits per heavy atom. The van der Waals surface area contributed by atoms with Crippen LogP contribution in [-0.2, 0) is 0 Å². The van der Waals surface area contributed by atoms with E-state index in [0.717, 1.165) is 23.9 Å². The van der Waals surface area contributed by atoms with Crippen LogP contribution in [0.15, 0.2) is 18.3 Å². The van der Waals surface area contributed by atoms with Crippen molar-refractivity contribution in [1.82, 2.24) is 4.98 Å². The Hall–Kier alpha value is -1.27. The molecule has 1 aliphatic heterocycles. The molecule has 0 bridgehead atoms. The zero-order valence-corrected chi connectivity index (χ0v) is 8.85. The molecule has 3 atom stereocenters. The molecule has 2 heterocycles. The van der Waals surface area contributed by atoms with Crippen molar-refractivity contribution in [2.24, 2.45) is 11.8 Å². The van der Waals surface area contributed by atoms with E-state index < -0.39 is 0 Å². The van der Waals surface area contributed by atoms with Gasteiger partial charge in [-0.05, 0) is 12.1 Å². The number of halogens is 1. The van der Waals surface area contributed by atoms with Crippen molar-refractivity contribution in [3.8, 4) is 0 Å². The third kappa shape index (κ3) is 1.37. The number of nitrogens with zero attached hydrogens (tertiary/aromatic N) is 3. The Morgan fingerprint density at radius 3 is 2.80 bits per heavy atom. The van der Waals surface area contributed by atoms with Crippen LogP contribution in [-0.4, -0.2) is 24.1 Å². The van der Waals surface area contributed by atoms with Gasteiger partial charge in [-0.3, -0.25) is 0 Å². The molecule has 3 nitrogen and oxygen atoms in total. The minimum atomic E-state index is 0.278. The second kappa shape index (κ2) is 3.11. The molecule has 2 aliphatic rings. The predicted octanol–water partition coefficient (Wildman–Crippen LogP) is 2.09. The zero-order valence-electron chi connectivity index (χ0n) is 8.10. The minimum absolute atomic E-state index is 0.278. The summed E-state index contributed by atoms with van der Waals surface area (Å²) in [5, 5.41) is 0.724. The van der Waals surface area contributed by atoms with Gasteiger partial charge in [-0.1, -0.05) is 11.6 Å². The maximum Gasteiger partial charge on any atom is 0.233 e. The molecular weight excluding hydrogens is 210 g/mol. The topological polar surface area (TPSA) is 20.5 Å². The summed E-state index contributed by atoms with van der Waals surface area (Å²) in [7, 11) is 0. The molecule has 1 saturated heterocycles. The van der Waals surface area contributed by atoms with Gasteiger partial charge in [-0.15, -0.1) is 0 Å². The highest BCUT2D eigenvalue weighted by Gasteiger charge is 2.62. The fraction of sp³-hybridized carbons (Fsp3) is 0.455. The van der Waals surface area contributed by atoms with Crippen molar-refractivity contribution < 1.29 is 0 Å². The number of hydrogen-bond acceptors (Lipinski definition) is 2. The first-order valence-electron chi connectivity index (χ1n) is 5.02. The zero-order chi connectivity index (χ0) is 10.4. The quantitative estimate of drug-likeness (QED) is 0.675. The lowest BCUT2D eigenvalue weighted by Crippen LogP contribution is -2.25. The maximum absolute atomic E-state index is 6.99. The SMILES string of the molecule is [C-]#[N+]C1[C@H]2CN(c3cc(Cl)ccn3)C[C@@H]12. The van der Waals surface area contributed by atoms with Crippen LogP contribution in [0.2, 0.25) is 5.02 Å². The van der Waals surface area contributed by atoms with E-state index in [4.69, 9.17) is 18.2 Å². The Kier molecular flexibility index (Phi) is 1.86. The summed E-state index contributed by atoms with van der Waals surface area (Å²) in [5.41, 5.74) is 0. The molecule has 2 fully saturated rings. The summed E-state index contributed by atoms with van der Waals surface area (Å²) in [6, 6.07) is 3.95. The summed E-state index contributed by atoms with van der Waals surface area (Å²) in [5.74, 6) is 2.09. The molecule has 1 unspecified atom stereocenters. The van der Waals surface area contributed by atoms with Crippen LogP contribution in [0, 0.1) is 18.4 Å². The highest BCUT2D eigenvalue weighted by Crippen LogP contribution is 2.48. The second-order valence-corrected chi connectivity index (χ2v) is 4.62. The van der Waals surface area contributed by atoms with Crippen LogP contribution < -0.4 is 4.90 Å². The molecule has 76 valence electrons. The average molecular weight is 220 g/mol. The van der Waals surface area contributed by atoms with Gasteiger partial charge in [0, 0.05) is 24.3 Å². The Labute approximate surface area is 93.5 Å². The molecule has 0 radical (unpaired) electrons. The van der Waals surface area contributed by atoms with E-state index in [2.05, 4.69) is 14.7 Å². The van der Waals surface area contributed by atoms with Gasteiger partial charge < -0.3 is 9.74 Å². The first-order valence-corrected chi connectivity index (χ1v) is 5.40. The summed E-state index contributed by atoms with van der Waals surface area (Å²) in [6.45, 7) is 8.92. The van der Waals surface area contributed by atoms with Crippen molar-refractivity contribution in [1.29, 1.82) is 0 Å². The number of rotatable bonds is 1.